The van der Waals surface area contributed by atoms with E-state index in [9.17, 15) is 0 Å². The van der Waals surface area contributed by atoms with E-state index in [1.165, 1.54) is 6.42 Å². The molecule has 1 saturated carbocycles. The van der Waals surface area contributed by atoms with Gasteiger partial charge in [-0.15, -0.1) is 0 Å². The van der Waals surface area contributed by atoms with Crippen LogP contribution in [0.3, 0.4) is 0 Å². The van der Waals surface area contributed by atoms with Crippen molar-refractivity contribution >= 4 is 0 Å². The van der Waals surface area contributed by atoms with Gasteiger partial charge in [0.2, 0.25) is 0 Å². The molecule has 0 aromatic rings. The molecule has 0 saturated heterocycles. The Labute approximate surface area is 56.6 Å². The van der Waals surface area contributed by atoms with Crippen molar-refractivity contribution in [2.24, 2.45) is 5.41 Å². The molecule has 0 aromatic heterocycles. The number of rotatable bonds is 3. The van der Waals surface area contributed by atoms with E-state index in [-0.39, 0.29) is 0 Å². The third-order valence-corrected chi connectivity index (χ3v) is 2.17. The van der Waals surface area contributed by atoms with Gasteiger partial charge < -0.3 is 10.1 Å². The highest BCUT2D eigenvalue weighted by Crippen LogP contribution is 2.44. The second-order valence-electron chi connectivity index (χ2n) is 3.13. The van der Waals surface area contributed by atoms with Crippen LogP contribution in [0.25, 0.3) is 0 Å². The van der Waals surface area contributed by atoms with E-state index in [0.717, 1.165) is 6.61 Å². The van der Waals surface area contributed by atoms with Gasteiger partial charge in [-0.2, -0.15) is 0 Å². The van der Waals surface area contributed by atoms with Crippen LogP contribution in [-0.2, 0) is 4.74 Å². The van der Waals surface area contributed by atoms with Crippen LogP contribution >= 0.6 is 0 Å². The van der Waals surface area contributed by atoms with Crippen LogP contribution in [0, 0.1) is 5.41 Å². The molecular formula is C7H15NO. The number of hydrogen-bond donors (Lipinski definition) is 1. The highest BCUT2D eigenvalue weighted by molar-refractivity contribution is 5.03. The zero-order valence-corrected chi connectivity index (χ0v) is 6.40. The molecular weight excluding hydrogens is 114 g/mol. The molecule has 0 unspecified atom stereocenters. The molecule has 0 aromatic carbocycles. The molecule has 2 nitrogen and oxygen atoms in total. The van der Waals surface area contributed by atoms with Crippen LogP contribution in [0.2, 0.25) is 0 Å². The predicted octanol–water partition coefficient (Wildman–Crippen LogP) is 0.631. The molecule has 0 spiro atoms. The first-order valence-electron chi connectivity index (χ1n) is 3.39. The third kappa shape index (κ3) is 1.25. The summed E-state index contributed by atoms with van der Waals surface area (Å²) in [5.41, 5.74) is 0.434. The summed E-state index contributed by atoms with van der Waals surface area (Å²) in [4.78, 5) is 0. The molecule has 0 heterocycles. The normalized spacial score (nSPS) is 41.0. The molecule has 1 aliphatic rings. The fourth-order valence-corrected chi connectivity index (χ4v) is 1.35. The Morgan fingerprint density at radius 2 is 2.44 bits per heavy atom. The molecule has 0 bridgehead atoms. The lowest BCUT2D eigenvalue weighted by Gasteiger charge is -2.07. The Balaban J connectivity index is 2.25. The maximum absolute atomic E-state index is 5.06. The van der Waals surface area contributed by atoms with E-state index in [1.807, 2.05) is 7.05 Å². The summed E-state index contributed by atoms with van der Waals surface area (Å²) >= 11 is 0. The zero-order valence-electron chi connectivity index (χ0n) is 6.40. The van der Waals surface area contributed by atoms with Crippen LogP contribution in [0.15, 0.2) is 0 Å². The molecule has 2 atom stereocenters. The average Bonchev–Trinajstić information content (AvgIpc) is 2.43. The Kier molecular flexibility index (Phi) is 1.78. The Hall–Kier alpha value is -0.0800. The minimum absolute atomic E-state index is 0.434. The predicted molar refractivity (Wildman–Crippen MR) is 37.4 cm³/mol. The third-order valence-electron chi connectivity index (χ3n) is 2.17. The molecule has 0 amide bonds. The lowest BCUT2D eigenvalue weighted by molar-refractivity contribution is 0.145. The summed E-state index contributed by atoms with van der Waals surface area (Å²) in [6, 6.07) is 0.692. The topological polar surface area (TPSA) is 21.3 Å². The van der Waals surface area contributed by atoms with E-state index < -0.39 is 0 Å². The molecule has 1 N–H and O–H groups in total. The Morgan fingerprint density at radius 3 is 2.78 bits per heavy atom. The fraction of sp³-hybridized carbons (Fsp3) is 1.00. The van der Waals surface area contributed by atoms with E-state index >= 15 is 0 Å². The van der Waals surface area contributed by atoms with Gasteiger partial charge in [0.1, 0.15) is 0 Å². The minimum Gasteiger partial charge on any atom is -0.384 e. The highest BCUT2D eigenvalue weighted by atomic mass is 16.5. The van der Waals surface area contributed by atoms with Crippen molar-refractivity contribution < 1.29 is 4.74 Å². The zero-order chi connectivity index (χ0) is 6.91. The largest absolute Gasteiger partial charge is 0.384 e. The van der Waals surface area contributed by atoms with Gasteiger partial charge in [0, 0.05) is 18.6 Å². The number of nitrogens with one attached hydrogen (secondary N) is 1. The summed E-state index contributed by atoms with van der Waals surface area (Å²) in [5.74, 6) is 0. The van der Waals surface area contributed by atoms with E-state index in [2.05, 4.69) is 12.2 Å². The van der Waals surface area contributed by atoms with Gasteiger partial charge in [0.15, 0.2) is 0 Å². The number of ether oxygens (including phenoxy) is 1. The molecule has 1 fully saturated rings. The van der Waals surface area contributed by atoms with Crippen molar-refractivity contribution in [3.05, 3.63) is 0 Å². The first-order valence-corrected chi connectivity index (χ1v) is 3.39. The van der Waals surface area contributed by atoms with Crippen molar-refractivity contribution in [2.75, 3.05) is 20.8 Å². The Bertz CT molecular complexity index is 105. The summed E-state index contributed by atoms with van der Waals surface area (Å²) < 4.78 is 5.06. The quantitative estimate of drug-likeness (QED) is 0.603. The van der Waals surface area contributed by atoms with Gasteiger partial charge >= 0.3 is 0 Å². The molecule has 54 valence electrons. The fourth-order valence-electron chi connectivity index (χ4n) is 1.35. The standard InChI is InChI=1S/C7H15NO/c1-7(5-9-3)4-6(7)8-2/h6,8H,4-5H2,1-3H3/t6-,7+/m0/s1. The maximum atomic E-state index is 5.06. The smallest absolute Gasteiger partial charge is 0.0531 e. The van der Waals surface area contributed by atoms with Crippen LogP contribution in [0.1, 0.15) is 13.3 Å². The number of methoxy groups -OCH3 is 1. The van der Waals surface area contributed by atoms with Crippen molar-refractivity contribution in [3.8, 4) is 0 Å². The summed E-state index contributed by atoms with van der Waals surface area (Å²) in [6.45, 7) is 3.14. The van der Waals surface area contributed by atoms with Gasteiger partial charge in [0.05, 0.1) is 6.61 Å². The second-order valence-corrected chi connectivity index (χ2v) is 3.13. The van der Waals surface area contributed by atoms with Crippen molar-refractivity contribution in [1.82, 2.24) is 5.32 Å². The van der Waals surface area contributed by atoms with Crippen LogP contribution in [0.5, 0.6) is 0 Å². The molecule has 1 rings (SSSR count). The molecule has 2 heteroatoms. The van der Waals surface area contributed by atoms with E-state index in [0.29, 0.717) is 11.5 Å². The van der Waals surface area contributed by atoms with Crippen molar-refractivity contribution in [3.63, 3.8) is 0 Å². The maximum Gasteiger partial charge on any atom is 0.0531 e. The van der Waals surface area contributed by atoms with Gasteiger partial charge in [-0.1, -0.05) is 6.92 Å². The van der Waals surface area contributed by atoms with Crippen molar-refractivity contribution in [2.45, 2.75) is 19.4 Å². The molecule has 0 aliphatic heterocycles. The minimum atomic E-state index is 0.434. The SMILES string of the molecule is CN[C@H]1C[C@]1(C)COC. The Morgan fingerprint density at radius 1 is 1.78 bits per heavy atom. The first kappa shape index (κ1) is 7.03. The summed E-state index contributed by atoms with van der Waals surface area (Å²) in [7, 11) is 3.77. The molecule has 0 radical (unpaired) electrons. The van der Waals surface area contributed by atoms with Crippen LogP contribution < -0.4 is 5.32 Å². The lowest BCUT2D eigenvalue weighted by atomic mass is 10.1. The van der Waals surface area contributed by atoms with Crippen molar-refractivity contribution in [1.29, 1.82) is 0 Å². The second kappa shape index (κ2) is 2.27. The first-order chi connectivity index (χ1) is 4.23. The monoisotopic (exact) mass is 129 g/mol. The van der Waals surface area contributed by atoms with E-state index in [1.54, 1.807) is 7.11 Å². The van der Waals surface area contributed by atoms with Gasteiger partial charge in [-0.25, -0.2) is 0 Å². The van der Waals surface area contributed by atoms with Gasteiger partial charge in [-0.3, -0.25) is 0 Å². The van der Waals surface area contributed by atoms with Gasteiger partial charge in [0.25, 0.3) is 0 Å². The summed E-state index contributed by atoms with van der Waals surface area (Å²) in [5, 5.41) is 3.23. The number of hydrogen-bond acceptors (Lipinski definition) is 2. The van der Waals surface area contributed by atoms with Gasteiger partial charge in [-0.05, 0) is 13.5 Å². The average molecular weight is 129 g/mol. The lowest BCUT2D eigenvalue weighted by Crippen LogP contribution is -2.19. The highest BCUT2D eigenvalue weighted by Gasteiger charge is 2.48. The van der Waals surface area contributed by atoms with Crippen LogP contribution in [0.4, 0.5) is 0 Å². The van der Waals surface area contributed by atoms with E-state index in [4.69, 9.17) is 4.74 Å². The molecule has 9 heavy (non-hydrogen) atoms. The van der Waals surface area contributed by atoms with Crippen LogP contribution in [-0.4, -0.2) is 26.8 Å². The summed E-state index contributed by atoms with van der Waals surface area (Å²) in [6.07, 6.45) is 1.26. The molecule has 1 aliphatic carbocycles.